The monoisotopic (exact) mass is 312 g/mol. The normalized spacial score (nSPS) is 21.9. The summed E-state index contributed by atoms with van der Waals surface area (Å²) < 4.78 is 27.1. The van der Waals surface area contributed by atoms with Gasteiger partial charge in [0.1, 0.15) is 0 Å². The topological polar surface area (TPSA) is 60.9 Å². The fraction of sp³-hybridized carbons (Fsp3) is 0.600. The lowest BCUT2D eigenvalue weighted by Gasteiger charge is -2.26. The Morgan fingerprint density at radius 2 is 1.95 bits per heavy atom. The molecule has 1 aromatic carbocycles. The summed E-state index contributed by atoms with van der Waals surface area (Å²) in [5, 5.41) is 9.50. The van der Waals surface area contributed by atoms with E-state index in [0.717, 1.165) is 24.9 Å². The van der Waals surface area contributed by atoms with Gasteiger partial charge in [-0.25, -0.2) is 8.42 Å². The molecule has 21 heavy (non-hydrogen) atoms. The zero-order valence-corrected chi connectivity index (χ0v) is 13.7. The van der Waals surface area contributed by atoms with Crippen LogP contribution in [-0.2, 0) is 10.0 Å². The number of nitrogens with zero attached hydrogens (tertiary/aromatic N) is 2. The zero-order valence-electron chi connectivity index (χ0n) is 12.9. The van der Waals surface area contributed by atoms with Crippen LogP contribution in [-0.4, -0.2) is 56.0 Å². The highest BCUT2D eigenvalue weighted by Crippen LogP contribution is 2.27. The summed E-state index contributed by atoms with van der Waals surface area (Å²) in [6.45, 7) is 2.99. The molecule has 1 aliphatic heterocycles. The Bertz CT molecular complexity index is 567. The molecular weight excluding hydrogens is 288 g/mol. The number of benzene rings is 1. The smallest absolute Gasteiger partial charge is 0.243 e. The fourth-order valence-corrected chi connectivity index (χ4v) is 4.47. The van der Waals surface area contributed by atoms with Crippen molar-refractivity contribution in [1.82, 2.24) is 9.21 Å². The molecule has 1 aliphatic rings. The van der Waals surface area contributed by atoms with Gasteiger partial charge in [-0.1, -0.05) is 12.1 Å². The van der Waals surface area contributed by atoms with Crippen molar-refractivity contribution < 1.29 is 13.5 Å². The van der Waals surface area contributed by atoms with Gasteiger partial charge < -0.3 is 10.0 Å². The van der Waals surface area contributed by atoms with Gasteiger partial charge in [-0.3, -0.25) is 0 Å². The number of sulfonamides is 1. The van der Waals surface area contributed by atoms with E-state index in [0.29, 0.717) is 11.4 Å². The minimum Gasteiger partial charge on any atom is -0.389 e. The van der Waals surface area contributed by atoms with Gasteiger partial charge in [-0.2, -0.15) is 4.31 Å². The minimum absolute atomic E-state index is 0.0430. The molecule has 5 nitrogen and oxygen atoms in total. The quantitative estimate of drug-likeness (QED) is 0.894. The Morgan fingerprint density at radius 1 is 1.33 bits per heavy atom. The van der Waals surface area contributed by atoms with Crippen LogP contribution < -0.4 is 0 Å². The zero-order chi connectivity index (χ0) is 15.6. The van der Waals surface area contributed by atoms with E-state index in [-0.39, 0.29) is 6.04 Å². The van der Waals surface area contributed by atoms with Crippen molar-refractivity contribution in [3.63, 3.8) is 0 Å². The van der Waals surface area contributed by atoms with E-state index in [9.17, 15) is 13.5 Å². The lowest BCUT2D eigenvalue weighted by atomic mass is 10.1. The van der Waals surface area contributed by atoms with Crippen LogP contribution >= 0.6 is 0 Å². The maximum atomic E-state index is 12.8. The second-order valence-corrected chi connectivity index (χ2v) is 7.81. The Hall–Kier alpha value is -0.950. The first-order chi connectivity index (χ1) is 9.82. The Morgan fingerprint density at radius 3 is 2.48 bits per heavy atom. The van der Waals surface area contributed by atoms with E-state index >= 15 is 0 Å². The molecule has 6 heteroatoms. The Labute approximate surface area is 127 Å². The SMILES string of the molecule is CC(O)c1ccc(S(=O)(=O)N2CCCC2CN(C)C)cc1. The van der Waals surface area contributed by atoms with Gasteiger partial charge in [0, 0.05) is 19.1 Å². The summed E-state index contributed by atoms with van der Waals surface area (Å²) in [6, 6.07) is 6.56. The molecule has 1 fully saturated rings. The Kier molecular flexibility index (Phi) is 5.03. The third-order valence-electron chi connectivity index (χ3n) is 3.87. The third-order valence-corrected chi connectivity index (χ3v) is 5.83. The highest BCUT2D eigenvalue weighted by Gasteiger charge is 2.35. The molecule has 0 radical (unpaired) electrons. The second-order valence-electron chi connectivity index (χ2n) is 5.92. The van der Waals surface area contributed by atoms with Crippen LogP contribution in [0.5, 0.6) is 0 Å². The lowest BCUT2D eigenvalue weighted by molar-refractivity contribution is 0.199. The molecule has 1 saturated heterocycles. The van der Waals surface area contributed by atoms with Gasteiger partial charge in [0.05, 0.1) is 11.0 Å². The molecule has 1 heterocycles. The molecule has 0 bridgehead atoms. The summed E-state index contributed by atoms with van der Waals surface area (Å²) in [5.41, 5.74) is 0.722. The van der Waals surface area contributed by atoms with Gasteiger partial charge in [-0.05, 0) is 51.6 Å². The van der Waals surface area contributed by atoms with Gasteiger partial charge in [0.2, 0.25) is 10.0 Å². The predicted octanol–water partition coefficient (Wildman–Crippen LogP) is 1.45. The molecule has 2 unspecified atom stereocenters. The van der Waals surface area contributed by atoms with Crippen LogP contribution in [0, 0.1) is 0 Å². The van der Waals surface area contributed by atoms with E-state index in [1.54, 1.807) is 35.5 Å². The number of likely N-dealkylation sites (N-methyl/N-ethyl adjacent to an activating group) is 1. The van der Waals surface area contributed by atoms with Crippen molar-refractivity contribution in [2.75, 3.05) is 27.2 Å². The number of hydrogen-bond donors (Lipinski definition) is 1. The molecule has 0 aliphatic carbocycles. The van der Waals surface area contributed by atoms with Crippen molar-refractivity contribution in [2.24, 2.45) is 0 Å². The van der Waals surface area contributed by atoms with Crippen LogP contribution in [0.3, 0.4) is 0 Å². The van der Waals surface area contributed by atoms with E-state index in [2.05, 4.69) is 0 Å². The van der Waals surface area contributed by atoms with Crippen LogP contribution in [0.2, 0.25) is 0 Å². The van der Waals surface area contributed by atoms with Gasteiger partial charge in [0.25, 0.3) is 0 Å². The van der Waals surface area contributed by atoms with Crippen LogP contribution in [0.4, 0.5) is 0 Å². The minimum atomic E-state index is -3.45. The average molecular weight is 312 g/mol. The first-order valence-electron chi connectivity index (χ1n) is 7.27. The van der Waals surface area contributed by atoms with Crippen molar-refractivity contribution in [3.8, 4) is 0 Å². The van der Waals surface area contributed by atoms with Gasteiger partial charge >= 0.3 is 0 Å². The molecular formula is C15H24N2O3S. The van der Waals surface area contributed by atoms with E-state index < -0.39 is 16.1 Å². The first-order valence-corrected chi connectivity index (χ1v) is 8.71. The summed E-state index contributed by atoms with van der Waals surface area (Å²) >= 11 is 0. The number of rotatable bonds is 5. The lowest BCUT2D eigenvalue weighted by Crippen LogP contribution is -2.41. The number of aliphatic hydroxyl groups is 1. The van der Waals surface area contributed by atoms with Gasteiger partial charge in [0.15, 0.2) is 0 Å². The first kappa shape index (κ1) is 16.4. The highest BCUT2D eigenvalue weighted by atomic mass is 32.2. The third kappa shape index (κ3) is 3.63. The molecule has 1 aromatic rings. The van der Waals surface area contributed by atoms with Gasteiger partial charge in [-0.15, -0.1) is 0 Å². The molecule has 0 amide bonds. The molecule has 0 aromatic heterocycles. The molecule has 0 spiro atoms. The fourth-order valence-electron chi connectivity index (χ4n) is 2.78. The summed E-state index contributed by atoms with van der Waals surface area (Å²) in [7, 11) is 0.467. The summed E-state index contributed by atoms with van der Waals surface area (Å²) in [5.74, 6) is 0. The summed E-state index contributed by atoms with van der Waals surface area (Å²) in [4.78, 5) is 2.33. The summed E-state index contributed by atoms with van der Waals surface area (Å²) in [6.07, 6.45) is 1.22. The number of hydrogen-bond acceptors (Lipinski definition) is 4. The standard InChI is InChI=1S/C15H24N2O3S/c1-12(18)13-6-8-15(9-7-13)21(19,20)17-10-4-5-14(17)11-16(2)3/h6-9,12,14,18H,4-5,10-11H2,1-3H3. The highest BCUT2D eigenvalue weighted by molar-refractivity contribution is 7.89. The molecule has 2 rings (SSSR count). The van der Waals surface area contributed by atoms with E-state index in [1.165, 1.54) is 0 Å². The van der Waals surface area contributed by atoms with E-state index in [4.69, 9.17) is 0 Å². The molecule has 1 N–H and O–H groups in total. The largest absolute Gasteiger partial charge is 0.389 e. The molecule has 2 atom stereocenters. The molecule has 0 saturated carbocycles. The Balaban J connectivity index is 2.24. The van der Waals surface area contributed by atoms with Crippen molar-refractivity contribution in [1.29, 1.82) is 0 Å². The van der Waals surface area contributed by atoms with Crippen molar-refractivity contribution in [3.05, 3.63) is 29.8 Å². The maximum absolute atomic E-state index is 12.8. The van der Waals surface area contributed by atoms with Crippen LogP contribution in [0.15, 0.2) is 29.2 Å². The van der Waals surface area contributed by atoms with Crippen molar-refractivity contribution in [2.45, 2.75) is 36.8 Å². The predicted molar refractivity (Wildman–Crippen MR) is 82.5 cm³/mol. The van der Waals surface area contributed by atoms with Crippen LogP contribution in [0.25, 0.3) is 0 Å². The van der Waals surface area contributed by atoms with Crippen molar-refractivity contribution >= 4 is 10.0 Å². The number of aliphatic hydroxyl groups excluding tert-OH is 1. The van der Waals surface area contributed by atoms with E-state index in [1.807, 2.05) is 19.0 Å². The maximum Gasteiger partial charge on any atom is 0.243 e. The molecule has 118 valence electrons. The van der Waals surface area contributed by atoms with Crippen LogP contribution in [0.1, 0.15) is 31.4 Å². The second kappa shape index (κ2) is 6.44. The average Bonchev–Trinajstić information content (AvgIpc) is 2.86.